The Morgan fingerprint density at radius 3 is 2.44 bits per heavy atom. The van der Waals surface area contributed by atoms with Gasteiger partial charge >= 0.3 is 0 Å². The number of nitrogen functional groups attached to an aromatic ring is 1. The molecule has 0 bridgehead atoms. The van der Waals surface area contributed by atoms with Crippen molar-refractivity contribution >= 4 is 22.4 Å². The molecule has 0 aliphatic carbocycles. The van der Waals surface area contributed by atoms with E-state index in [0.29, 0.717) is 11.3 Å². The van der Waals surface area contributed by atoms with Gasteiger partial charge in [0.25, 0.3) is 5.91 Å². The topological polar surface area (TPSA) is 55.1 Å². The maximum Gasteiger partial charge on any atom is 0.254 e. The van der Waals surface area contributed by atoms with Crippen molar-refractivity contribution in [3.05, 3.63) is 42.0 Å². The van der Waals surface area contributed by atoms with E-state index in [4.69, 9.17) is 5.73 Å². The largest absolute Gasteiger partial charge is 0.398 e. The van der Waals surface area contributed by atoms with Gasteiger partial charge in [0.1, 0.15) is 0 Å². The zero-order chi connectivity index (χ0) is 13.3. The predicted molar refractivity (Wildman–Crippen MR) is 75.6 cm³/mol. The number of hydrogen-bond donors (Lipinski definition) is 2. The molecule has 0 atom stereocenters. The molecule has 0 spiro atoms. The molecule has 3 N–H and O–H groups in total. The second kappa shape index (κ2) is 4.33. The van der Waals surface area contributed by atoms with Gasteiger partial charge in [-0.2, -0.15) is 0 Å². The third kappa shape index (κ3) is 2.45. The Kier molecular flexibility index (Phi) is 2.99. The van der Waals surface area contributed by atoms with Crippen molar-refractivity contribution in [2.45, 2.75) is 26.3 Å². The number of carbonyl (C=O) groups excluding carboxylic acids is 1. The summed E-state index contributed by atoms with van der Waals surface area (Å²) in [5.74, 6) is -0.128. The average molecular weight is 242 g/mol. The lowest BCUT2D eigenvalue weighted by Crippen LogP contribution is -2.40. The highest BCUT2D eigenvalue weighted by atomic mass is 16.1. The fraction of sp³-hybridized carbons (Fsp3) is 0.267. The SMILES string of the molecule is CC(C)(C)NC(=O)c1c(N)ccc2ccccc12. The summed E-state index contributed by atoms with van der Waals surface area (Å²) in [6, 6.07) is 11.5. The molecule has 94 valence electrons. The van der Waals surface area contributed by atoms with Crippen LogP contribution in [0.4, 0.5) is 5.69 Å². The van der Waals surface area contributed by atoms with E-state index in [1.165, 1.54) is 0 Å². The number of benzene rings is 2. The summed E-state index contributed by atoms with van der Waals surface area (Å²) in [4.78, 5) is 12.3. The zero-order valence-corrected chi connectivity index (χ0v) is 10.9. The van der Waals surface area contributed by atoms with E-state index < -0.39 is 0 Å². The van der Waals surface area contributed by atoms with Crippen LogP contribution in [-0.2, 0) is 0 Å². The van der Waals surface area contributed by atoms with Crippen LogP contribution in [0.15, 0.2) is 36.4 Å². The molecular weight excluding hydrogens is 224 g/mol. The number of anilines is 1. The molecule has 2 aromatic carbocycles. The lowest BCUT2D eigenvalue weighted by molar-refractivity contribution is 0.0922. The molecule has 3 heteroatoms. The summed E-state index contributed by atoms with van der Waals surface area (Å²) in [5.41, 5.74) is 6.74. The second-order valence-electron chi connectivity index (χ2n) is 5.46. The van der Waals surface area contributed by atoms with Crippen LogP contribution < -0.4 is 11.1 Å². The molecule has 0 saturated carbocycles. The fourth-order valence-electron chi connectivity index (χ4n) is 1.94. The van der Waals surface area contributed by atoms with Gasteiger partial charge in [-0.25, -0.2) is 0 Å². The highest BCUT2D eigenvalue weighted by Gasteiger charge is 2.19. The quantitative estimate of drug-likeness (QED) is 0.755. The molecule has 18 heavy (non-hydrogen) atoms. The summed E-state index contributed by atoms with van der Waals surface area (Å²) in [7, 11) is 0. The van der Waals surface area contributed by atoms with E-state index in [9.17, 15) is 4.79 Å². The first-order valence-corrected chi connectivity index (χ1v) is 5.98. The number of rotatable bonds is 1. The van der Waals surface area contributed by atoms with Crippen molar-refractivity contribution < 1.29 is 4.79 Å². The Labute approximate surface area is 107 Å². The Balaban J connectivity index is 2.56. The van der Waals surface area contributed by atoms with Crippen molar-refractivity contribution in [3.8, 4) is 0 Å². The van der Waals surface area contributed by atoms with Gasteiger partial charge in [0.05, 0.1) is 5.56 Å². The molecule has 0 aliphatic rings. The normalized spacial score (nSPS) is 11.5. The molecule has 0 radical (unpaired) electrons. The highest BCUT2D eigenvalue weighted by Crippen LogP contribution is 2.24. The van der Waals surface area contributed by atoms with Crippen LogP contribution in [0.5, 0.6) is 0 Å². The number of nitrogens with one attached hydrogen (secondary N) is 1. The minimum absolute atomic E-state index is 0.128. The van der Waals surface area contributed by atoms with Gasteiger partial charge in [-0.3, -0.25) is 4.79 Å². The van der Waals surface area contributed by atoms with E-state index in [1.54, 1.807) is 6.07 Å². The second-order valence-corrected chi connectivity index (χ2v) is 5.46. The number of amides is 1. The van der Waals surface area contributed by atoms with Gasteiger partial charge in [-0.05, 0) is 37.6 Å². The maximum absolute atomic E-state index is 12.3. The van der Waals surface area contributed by atoms with E-state index in [0.717, 1.165) is 10.8 Å². The molecule has 2 rings (SSSR count). The summed E-state index contributed by atoms with van der Waals surface area (Å²) in [6.45, 7) is 5.85. The molecule has 0 unspecified atom stereocenters. The molecule has 0 aromatic heterocycles. The lowest BCUT2D eigenvalue weighted by atomic mass is 10.0. The first-order chi connectivity index (χ1) is 8.38. The molecule has 0 saturated heterocycles. The number of nitrogens with two attached hydrogens (primary N) is 1. The average Bonchev–Trinajstić information content (AvgIpc) is 2.26. The van der Waals surface area contributed by atoms with Crippen LogP contribution in [0.3, 0.4) is 0 Å². The molecule has 1 amide bonds. The molecule has 0 aliphatic heterocycles. The lowest BCUT2D eigenvalue weighted by Gasteiger charge is -2.21. The summed E-state index contributed by atoms with van der Waals surface area (Å²) in [6.07, 6.45) is 0. The van der Waals surface area contributed by atoms with Gasteiger partial charge in [-0.15, -0.1) is 0 Å². The first-order valence-electron chi connectivity index (χ1n) is 5.98. The molecule has 2 aromatic rings. The van der Waals surface area contributed by atoms with Crippen molar-refractivity contribution in [3.63, 3.8) is 0 Å². The van der Waals surface area contributed by atoms with Crippen molar-refractivity contribution in [2.24, 2.45) is 0 Å². The maximum atomic E-state index is 12.3. The summed E-state index contributed by atoms with van der Waals surface area (Å²) in [5, 5.41) is 4.86. The third-order valence-electron chi connectivity index (χ3n) is 2.68. The Morgan fingerprint density at radius 2 is 1.78 bits per heavy atom. The van der Waals surface area contributed by atoms with Crippen LogP contribution >= 0.6 is 0 Å². The van der Waals surface area contributed by atoms with Gasteiger partial charge in [0.15, 0.2) is 0 Å². The Hall–Kier alpha value is -2.03. The minimum atomic E-state index is -0.277. The van der Waals surface area contributed by atoms with Crippen LogP contribution in [0.25, 0.3) is 10.8 Å². The predicted octanol–water partition coefficient (Wildman–Crippen LogP) is 2.95. The van der Waals surface area contributed by atoms with Gasteiger partial charge in [-0.1, -0.05) is 30.3 Å². The summed E-state index contributed by atoms with van der Waals surface area (Å²) >= 11 is 0. The zero-order valence-electron chi connectivity index (χ0n) is 10.9. The van der Waals surface area contributed by atoms with E-state index >= 15 is 0 Å². The van der Waals surface area contributed by atoms with Crippen LogP contribution in [0.2, 0.25) is 0 Å². The number of fused-ring (bicyclic) bond motifs is 1. The van der Waals surface area contributed by atoms with Gasteiger partial charge in [0.2, 0.25) is 0 Å². The smallest absolute Gasteiger partial charge is 0.254 e. The molecule has 3 nitrogen and oxygen atoms in total. The number of carbonyl (C=O) groups is 1. The van der Waals surface area contributed by atoms with Crippen molar-refractivity contribution in [1.82, 2.24) is 5.32 Å². The third-order valence-corrected chi connectivity index (χ3v) is 2.68. The molecular formula is C15H18N2O. The number of hydrogen-bond acceptors (Lipinski definition) is 2. The van der Waals surface area contributed by atoms with E-state index in [2.05, 4.69) is 5.32 Å². The standard InChI is InChI=1S/C15H18N2O/c1-15(2,3)17-14(18)13-11-7-5-4-6-10(11)8-9-12(13)16/h4-9H,16H2,1-3H3,(H,17,18). The van der Waals surface area contributed by atoms with Crippen molar-refractivity contribution in [2.75, 3.05) is 5.73 Å². The van der Waals surface area contributed by atoms with E-state index in [-0.39, 0.29) is 11.4 Å². The van der Waals surface area contributed by atoms with Crippen LogP contribution in [-0.4, -0.2) is 11.4 Å². The fourth-order valence-corrected chi connectivity index (χ4v) is 1.94. The molecule has 0 fully saturated rings. The van der Waals surface area contributed by atoms with Gasteiger partial charge < -0.3 is 11.1 Å². The van der Waals surface area contributed by atoms with Crippen LogP contribution in [0, 0.1) is 0 Å². The van der Waals surface area contributed by atoms with E-state index in [1.807, 2.05) is 51.1 Å². The molecule has 0 heterocycles. The highest BCUT2D eigenvalue weighted by molar-refractivity contribution is 6.11. The first kappa shape index (κ1) is 12.4. The van der Waals surface area contributed by atoms with Gasteiger partial charge in [0, 0.05) is 11.2 Å². The summed E-state index contributed by atoms with van der Waals surface area (Å²) < 4.78 is 0. The minimum Gasteiger partial charge on any atom is -0.398 e. The Bertz CT molecular complexity index is 597. The Morgan fingerprint density at radius 1 is 1.11 bits per heavy atom. The monoisotopic (exact) mass is 242 g/mol. The van der Waals surface area contributed by atoms with Crippen LogP contribution in [0.1, 0.15) is 31.1 Å². The van der Waals surface area contributed by atoms with Crippen molar-refractivity contribution in [1.29, 1.82) is 0 Å².